The average molecular weight is 284 g/mol. The van der Waals surface area contributed by atoms with Crippen LogP contribution in [0.3, 0.4) is 0 Å². The van der Waals surface area contributed by atoms with Gasteiger partial charge in [-0.25, -0.2) is 0 Å². The zero-order chi connectivity index (χ0) is 14.8. The molecule has 1 aromatic rings. The molecule has 0 aromatic carbocycles. The van der Waals surface area contributed by atoms with Crippen molar-refractivity contribution in [2.45, 2.75) is 33.9 Å². The Kier molecular flexibility index (Phi) is 8.53. The van der Waals surface area contributed by atoms with Crippen molar-refractivity contribution < 1.29 is 13.9 Å². The third-order valence-corrected chi connectivity index (χ3v) is 3.18. The number of ether oxygens (including phenoxy) is 2. The molecule has 0 atom stereocenters. The minimum absolute atomic E-state index is 0.521. The molecule has 0 aliphatic rings. The van der Waals surface area contributed by atoms with Crippen LogP contribution in [0.1, 0.15) is 30.9 Å². The van der Waals surface area contributed by atoms with E-state index in [0.717, 1.165) is 63.1 Å². The zero-order valence-electron chi connectivity index (χ0n) is 13.0. The predicted molar refractivity (Wildman–Crippen MR) is 79.6 cm³/mol. The highest BCUT2D eigenvalue weighted by Crippen LogP contribution is 2.15. The van der Waals surface area contributed by atoms with Crippen LogP contribution in [0.4, 0.5) is 0 Å². The monoisotopic (exact) mass is 284 g/mol. The van der Waals surface area contributed by atoms with E-state index in [1.165, 1.54) is 0 Å². The first-order valence-electron chi connectivity index (χ1n) is 7.37. The molecule has 116 valence electrons. The molecule has 1 rings (SSSR count). The van der Waals surface area contributed by atoms with Gasteiger partial charge < -0.3 is 19.6 Å². The van der Waals surface area contributed by atoms with E-state index in [4.69, 9.17) is 19.6 Å². The van der Waals surface area contributed by atoms with Gasteiger partial charge in [-0.3, -0.25) is 4.90 Å². The number of hydrogen-bond acceptors (Lipinski definition) is 5. The summed E-state index contributed by atoms with van der Waals surface area (Å²) in [6.07, 6.45) is 0. The van der Waals surface area contributed by atoms with Crippen molar-refractivity contribution in [3.63, 3.8) is 0 Å². The Hall–Kier alpha value is -0.880. The topological polar surface area (TPSA) is 60.9 Å². The van der Waals surface area contributed by atoms with Crippen LogP contribution in [-0.4, -0.2) is 44.4 Å². The molecule has 0 saturated heterocycles. The maximum atomic E-state index is 5.75. The van der Waals surface area contributed by atoms with Crippen LogP contribution in [0.5, 0.6) is 0 Å². The van der Waals surface area contributed by atoms with E-state index < -0.39 is 0 Å². The van der Waals surface area contributed by atoms with E-state index >= 15 is 0 Å². The first-order valence-corrected chi connectivity index (χ1v) is 7.37. The summed E-state index contributed by atoms with van der Waals surface area (Å²) in [6.45, 7) is 12.0. The van der Waals surface area contributed by atoms with Crippen molar-refractivity contribution in [2.24, 2.45) is 5.73 Å². The molecule has 0 radical (unpaired) electrons. The third-order valence-electron chi connectivity index (χ3n) is 3.18. The smallest absolute Gasteiger partial charge is 0.118 e. The average Bonchev–Trinajstić information content (AvgIpc) is 2.79. The highest BCUT2D eigenvalue weighted by Gasteiger charge is 2.11. The van der Waals surface area contributed by atoms with Crippen molar-refractivity contribution >= 4 is 0 Å². The Morgan fingerprint density at radius 3 is 2.20 bits per heavy atom. The van der Waals surface area contributed by atoms with Crippen molar-refractivity contribution in [3.8, 4) is 0 Å². The molecule has 5 heteroatoms. The Morgan fingerprint density at radius 2 is 1.75 bits per heavy atom. The van der Waals surface area contributed by atoms with Gasteiger partial charge in [0.15, 0.2) is 0 Å². The normalized spacial score (nSPS) is 11.4. The molecule has 1 heterocycles. The number of rotatable bonds is 11. The number of furan rings is 1. The molecule has 0 saturated carbocycles. The predicted octanol–water partition coefficient (Wildman–Crippen LogP) is 1.92. The SMILES string of the molecule is CCOCCN(CCOCC)Cc1cc(CN)c(C)o1. The Labute approximate surface area is 122 Å². The highest BCUT2D eigenvalue weighted by atomic mass is 16.5. The minimum atomic E-state index is 0.521. The quantitative estimate of drug-likeness (QED) is 0.629. The standard InChI is InChI=1S/C15H28N2O3/c1-4-18-8-6-17(7-9-19-5-2)12-15-10-14(11-16)13(3)20-15/h10H,4-9,11-12,16H2,1-3H3. The van der Waals surface area contributed by atoms with Crippen molar-refractivity contribution in [1.82, 2.24) is 4.90 Å². The van der Waals surface area contributed by atoms with Crippen LogP contribution >= 0.6 is 0 Å². The van der Waals surface area contributed by atoms with Crippen LogP contribution in [-0.2, 0) is 22.6 Å². The van der Waals surface area contributed by atoms with Crippen molar-refractivity contribution in [2.75, 3.05) is 39.5 Å². The second-order valence-corrected chi connectivity index (χ2v) is 4.67. The fourth-order valence-corrected chi connectivity index (χ4v) is 2.03. The van der Waals surface area contributed by atoms with Gasteiger partial charge in [-0.05, 0) is 26.8 Å². The fraction of sp³-hybridized carbons (Fsp3) is 0.733. The molecular formula is C15H28N2O3. The second-order valence-electron chi connectivity index (χ2n) is 4.67. The lowest BCUT2D eigenvalue weighted by atomic mass is 10.2. The molecule has 0 amide bonds. The van der Waals surface area contributed by atoms with Gasteiger partial charge in [0.25, 0.3) is 0 Å². The minimum Gasteiger partial charge on any atom is -0.465 e. The van der Waals surface area contributed by atoms with E-state index in [9.17, 15) is 0 Å². The van der Waals surface area contributed by atoms with Crippen LogP contribution in [0.2, 0.25) is 0 Å². The van der Waals surface area contributed by atoms with Gasteiger partial charge in [0.05, 0.1) is 19.8 Å². The molecule has 0 bridgehead atoms. The molecular weight excluding hydrogens is 256 g/mol. The molecule has 0 fully saturated rings. The van der Waals surface area contributed by atoms with Crippen molar-refractivity contribution in [3.05, 3.63) is 23.2 Å². The maximum absolute atomic E-state index is 5.75. The summed E-state index contributed by atoms with van der Waals surface area (Å²) < 4.78 is 16.6. The zero-order valence-corrected chi connectivity index (χ0v) is 13.0. The Balaban J connectivity index is 2.51. The summed E-state index contributed by atoms with van der Waals surface area (Å²) in [4.78, 5) is 2.28. The van der Waals surface area contributed by atoms with Gasteiger partial charge in [0, 0.05) is 38.4 Å². The second kappa shape index (κ2) is 9.94. The summed E-state index contributed by atoms with van der Waals surface area (Å²) in [5, 5.41) is 0. The Bertz CT molecular complexity index is 356. The van der Waals surface area contributed by atoms with E-state index in [1.807, 2.05) is 26.8 Å². The van der Waals surface area contributed by atoms with Crippen LogP contribution in [0.15, 0.2) is 10.5 Å². The van der Waals surface area contributed by atoms with Crippen molar-refractivity contribution in [1.29, 1.82) is 0 Å². The molecule has 1 aromatic heterocycles. The summed E-state index contributed by atoms with van der Waals surface area (Å²) >= 11 is 0. The Morgan fingerprint density at radius 1 is 1.15 bits per heavy atom. The first-order chi connectivity index (χ1) is 9.71. The molecule has 0 aliphatic carbocycles. The van der Waals surface area contributed by atoms with Gasteiger partial charge in [-0.1, -0.05) is 0 Å². The van der Waals surface area contributed by atoms with Gasteiger partial charge in [-0.2, -0.15) is 0 Å². The molecule has 0 unspecified atom stereocenters. The lowest BCUT2D eigenvalue weighted by molar-refractivity contribution is 0.0767. The first kappa shape index (κ1) is 17.2. The lowest BCUT2D eigenvalue weighted by Crippen LogP contribution is -2.30. The molecule has 20 heavy (non-hydrogen) atoms. The highest BCUT2D eigenvalue weighted by molar-refractivity contribution is 5.20. The number of nitrogens with two attached hydrogens (primary N) is 1. The van der Waals surface area contributed by atoms with Gasteiger partial charge in [0.1, 0.15) is 11.5 Å². The summed E-state index contributed by atoms with van der Waals surface area (Å²) in [6, 6.07) is 2.05. The van der Waals surface area contributed by atoms with Crippen LogP contribution in [0.25, 0.3) is 0 Å². The molecule has 0 spiro atoms. The van der Waals surface area contributed by atoms with E-state index in [-0.39, 0.29) is 0 Å². The molecule has 5 nitrogen and oxygen atoms in total. The van der Waals surface area contributed by atoms with E-state index in [2.05, 4.69) is 4.90 Å². The maximum Gasteiger partial charge on any atom is 0.118 e. The summed E-state index contributed by atoms with van der Waals surface area (Å²) in [5.41, 5.74) is 6.76. The van der Waals surface area contributed by atoms with Gasteiger partial charge in [0.2, 0.25) is 0 Å². The van der Waals surface area contributed by atoms with E-state index in [0.29, 0.717) is 6.54 Å². The number of nitrogens with zero attached hydrogens (tertiary/aromatic N) is 1. The number of aryl methyl sites for hydroxylation is 1. The fourth-order valence-electron chi connectivity index (χ4n) is 2.03. The molecule has 2 N–H and O–H groups in total. The van der Waals surface area contributed by atoms with Gasteiger partial charge in [-0.15, -0.1) is 0 Å². The van der Waals surface area contributed by atoms with Crippen LogP contribution in [0, 0.1) is 6.92 Å². The molecule has 0 aliphatic heterocycles. The summed E-state index contributed by atoms with van der Waals surface area (Å²) in [5.74, 6) is 1.87. The number of hydrogen-bond donors (Lipinski definition) is 1. The van der Waals surface area contributed by atoms with E-state index in [1.54, 1.807) is 0 Å². The lowest BCUT2D eigenvalue weighted by Gasteiger charge is -2.20. The summed E-state index contributed by atoms with van der Waals surface area (Å²) in [7, 11) is 0. The van der Waals surface area contributed by atoms with Crippen LogP contribution < -0.4 is 5.73 Å². The largest absolute Gasteiger partial charge is 0.465 e. The van der Waals surface area contributed by atoms with Gasteiger partial charge >= 0.3 is 0 Å². The third kappa shape index (κ3) is 6.05.